The van der Waals surface area contributed by atoms with E-state index < -0.39 is 0 Å². The molecule has 0 aliphatic rings. The zero-order valence-electron chi connectivity index (χ0n) is 24.1. The van der Waals surface area contributed by atoms with E-state index in [2.05, 4.69) is 24.4 Å². The largest absolute Gasteiger partial charge is 0.504 e. The molecule has 0 aliphatic carbocycles. The number of amides is 1. The van der Waals surface area contributed by atoms with Gasteiger partial charge in [0, 0.05) is 13.0 Å². The second-order valence-corrected chi connectivity index (χ2v) is 10.2. The van der Waals surface area contributed by atoms with Crippen molar-refractivity contribution in [2.24, 2.45) is 0 Å². The standard InChI is InChI=1S/C32H53NO5/c1-3-4-5-6-7-8-9-10-11-12-13-14-15-16-17-18-19-20-21-22-32(36)38-27-31(35)33-26-28-23-24-29(34)30(25-28)37-2/h10-11,23-25,34H,3-9,12-22,26-27H2,1-2H3,(H,33,35)/b11-10-. The lowest BCUT2D eigenvalue weighted by molar-refractivity contribution is -0.148. The minimum absolute atomic E-state index is 0.0455. The molecule has 0 saturated carbocycles. The topological polar surface area (TPSA) is 84.9 Å². The molecule has 2 N–H and O–H groups in total. The van der Waals surface area contributed by atoms with Gasteiger partial charge in [0.2, 0.25) is 0 Å². The summed E-state index contributed by atoms with van der Waals surface area (Å²) in [7, 11) is 1.47. The number of hydrogen-bond acceptors (Lipinski definition) is 5. The number of phenols is 1. The zero-order chi connectivity index (χ0) is 27.7. The number of carbonyl (C=O) groups excluding carboxylic acids is 2. The van der Waals surface area contributed by atoms with Crippen LogP contribution in [0.1, 0.15) is 128 Å². The predicted octanol–water partition coefficient (Wildman–Crippen LogP) is 8.16. The van der Waals surface area contributed by atoms with Crippen molar-refractivity contribution in [3.8, 4) is 11.5 Å². The maximum absolute atomic E-state index is 11.9. The van der Waals surface area contributed by atoms with E-state index in [1.54, 1.807) is 12.1 Å². The van der Waals surface area contributed by atoms with E-state index in [9.17, 15) is 14.7 Å². The molecular formula is C32H53NO5. The summed E-state index contributed by atoms with van der Waals surface area (Å²) in [6.45, 7) is 2.26. The summed E-state index contributed by atoms with van der Waals surface area (Å²) in [5, 5.41) is 12.3. The molecule has 1 amide bonds. The molecule has 38 heavy (non-hydrogen) atoms. The molecule has 0 spiro atoms. The summed E-state index contributed by atoms with van der Waals surface area (Å²) in [5.41, 5.74) is 0.783. The summed E-state index contributed by atoms with van der Waals surface area (Å²) in [6.07, 6.45) is 26.5. The van der Waals surface area contributed by atoms with Gasteiger partial charge in [0.1, 0.15) is 0 Å². The molecule has 0 saturated heterocycles. The highest BCUT2D eigenvalue weighted by molar-refractivity contribution is 5.80. The molecule has 0 radical (unpaired) electrons. The van der Waals surface area contributed by atoms with E-state index in [1.165, 1.54) is 103 Å². The van der Waals surface area contributed by atoms with Crippen LogP contribution >= 0.6 is 0 Å². The first kappa shape index (κ1) is 33.5. The van der Waals surface area contributed by atoms with Gasteiger partial charge in [0.25, 0.3) is 5.91 Å². The Morgan fingerprint density at radius 1 is 0.816 bits per heavy atom. The van der Waals surface area contributed by atoms with E-state index in [0.29, 0.717) is 12.2 Å². The van der Waals surface area contributed by atoms with Crippen LogP contribution < -0.4 is 10.1 Å². The third-order valence-electron chi connectivity index (χ3n) is 6.74. The van der Waals surface area contributed by atoms with Crippen molar-refractivity contribution in [2.45, 2.75) is 129 Å². The second-order valence-electron chi connectivity index (χ2n) is 10.2. The molecule has 1 aromatic rings. The van der Waals surface area contributed by atoms with Gasteiger partial charge in [-0.3, -0.25) is 9.59 Å². The maximum Gasteiger partial charge on any atom is 0.306 e. The summed E-state index contributed by atoms with van der Waals surface area (Å²) < 4.78 is 10.1. The first-order valence-corrected chi connectivity index (χ1v) is 15.0. The normalized spacial score (nSPS) is 11.1. The summed E-state index contributed by atoms with van der Waals surface area (Å²) in [4.78, 5) is 23.8. The lowest BCUT2D eigenvalue weighted by atomic mass is 10.1. The summed E-state index contributed by atoms with van der Waals surface area (Å²) in [5.74, 6) is -0.285. The van der Waals surface area contributed by atoms with Crippen molar-refractivity contribution >= 4 is 11.9 Å². The van der Waals surface area contributed by atoms with Crippen LogP contribution in [0.25, 0.3) is 0 Å². The highest BCUT2D eigenvalue weighted by Crippen LogP contribution is 2.26. The number of esters is 1. The number of ether oxygens (including phenoxy) is 2. The number of aromatic hydroxyl groups is 1. The third kappa shape index (κ3) is 18.7. The van der Waals surface area contributed by atoms with Crippen molar-refractivity contribution in [1.29, 1.82) is 0 Å². The monoisotopic (exact) mass is 531 g/mol. The van der Waals surface area contributed by atoms with Crippen LogP contribution in [0.15, 0.2) is 30.4 Å². The van der Waals surface area contributed by atoms with Crippen molar-refractivity contribution in [3.05, 3.63) is 35.9 Å². The van der Waals surface area contributed by atoms with Crippen molar-refractivity contribution in [3.63, 3.8) is 0 Å². The van der Waals surface area contributed by atoms with Gasteiger partial charge in [-0.05, 0) is 49.8 Å². The van der Waals surface area contributed by atoms with Crippen molar-refractivity contribution in [2.75, 3.05) is 13.7 Å². The molecule has 6 nitrogen and oxygen atoms in total. The van der Waals surface area contributed by atoms with Gasteiger partial charge >= 0.3 is 5.97 Å². The third-order valence-corrected chi connectivity index (χ3v) is 6.74. The molecule has 0 aromatic heterocycles. The van der Waals surface area contributed by atoms with E-state index in [4.69, 9.17) is 9.47 Å². The minimum Gasteiger partial charge on any atom is -0.504 e. The Balaban J connectivity index is 1.87. The summed E-state index contributed by atoms with van der Waals surface area (Å²) in [6, 6.07) is 4.86. The maximum atomic E-state index is 11.9. The summed E-state index contributed by atoms with van der Waals surface area (Å²) >= 11 is 0. The molecule has 0 fully saturated rings. The lowest BCUT2D eigenvalue weighted by Crippen LogP contribution is -2.28. The molecular weight excluding hydrogens is 478 g/mol. The fourth-order valence-corrected chi connectivity index (χ4v) is 4.35. The Hall–Kier alpha value is -2.50. The van der Waals surface area contributed by atoms with Crippen LogP contribution in [0.3, 0.4) is 0 Å². The molecule has 0 bridgehead atoms. The van der Waals surface area contributed by atoms with Gasteiger partial charge in [0.15, 0.2) is 18.1 Å². The zero-order valence-corrected chi connectivity index (χ0v) is 24.1. The van der Waals surface area contributed by atoms with E-state index in [1.807, 2.05) is 0 Å². The average molecular weight is 532 g/mol. The molecule has 0 heterocycles. The minimum atomic E-state index is -0.352. The average Bonchev–Trinajstić information content (AvgIpc) is 2.92. The van der Waals surface area contributed by atoms with Crippen molar-refractivity contribution < 1.29 is 24.2 Å². The van der Waals surface area contributed by atoms with Crippen LogP contribution in [-0.2, 0) is 20.9 Å². The Bertz CT molecular complexity index is 777. The fourth-order valence-electron chi connectivity index (χ4n) is 4.35. The van der Waals surface area contributed by atoms with Crippen LogP contribution in [0.5, 0.6) is 11.5 Å². The second kappa shape index (κ2) is 23.6. The number of benzene rings is 1. The predicted molar refractivity (Wildman–Crippen MR) is 155 cm³/mol. The van der Waals surface area contributed by atoms with E-state index >= 15 is 0 Å². The van der Waals surface area contributed by atoms with Crippen molar-refractivity contribution in [1.82, 2.24) is 5.32 Å². The van der Waals surface area contributed by atoms with Gasteiger partial charge in [-0.15, -0.1) is 0 Å². The molecule has 1 aromatic carbocycles. The number of hydrogen-bond donors (Lipinski definition) is 2. The first-order chi connectivity index (χ1) is 18.6. The lowest BCUT2D eigenvalue weighted by Gasteiger charge is -2.09. The number of methoxy groups -OCH3 is 1. The Morgan fingerprint density at radius 3 is 1.95 bits per heavy atom. The van der Waals surface area contributed by atoms with Gasteiger partial charge < -0.3 is 19.9 Å². The first-order valence-electron chi connectivity index (χ1n) is 15.0. The molecule has 0 unspecified atom stereocenters. The molecule has 0 aliphatic heterocycles. The van der Waals surface area contributed by atoms with Gasteiger partial charge in [-0.1, -0.05) is 102 Å². The fraction of sp³-hybridized carbons (Fsp3) is 0.688. The Morgan fingerprint density at radius 2 is 1.37 bits per heavy atom. The smallest absolute Gasteiger partial charge is 0.306 e. The number of nitrogens with one attached hydrogen (secondary N) is 1. The highest BCUT2D eigenvalue weighted by Gasteiger charge is 2.08. The SMILES string of the molecule is CCCCCCCC/C=C\CCCCCCCCCCCC(=O)OCC(=O)NCc1ccc(O)c(OC)c1. The molecule has 1 rings (SSSR count). The molecule has 6 heteroatoms. The van der Waals surface area contributed by atoms with Crippen LogP contribution in [0.4, 0.5) is 0 Å². The van der Waals surface area contributed by atoms with Gasteiger partial charge in [-0.2, -0.15) is 0 Å². The number of allylic oxidation sites excluding steroid dienone is 2. The highest BCUT2D eigenvalue weighted by atomic mass is 16.5. The van der Waals surface area contributed by atoms with Crippen LogP contribution in [0.2, 0.25) is 0 Å². The molecule has 0 atom stereocenters. The van der Waals surface area contributed by atoms with Crippen LogP contribution in [-0.4, -0.2) is 30.7 Å². The quantitative estimate of drug-likeness (QED) is 0.0798. The van der Waals surface area contributed by atoms with E-state index in [-0.39, 0.29) is 30.8 Å². The van der Waals surface area contributed by atoms with Gasteiger partial charge in [0.05, 0.1) is 7.11 Å². The number of unbranched alkanes of at least 4 members (excludes halogenated alkanes) is 15. The van der Waals surface area contributed by atoms with Gasteiger partial charge in [-0.25, -0.2) is 0 Å². The Labute approximate surface area is 231 Å². The molecule has 216 valence electrons. The number of rotatable bonds is 24. The number of phenolic OH excluding ortho intramolecular Hbond substituents is 1. The Kier molecular flexibility index (Phi) is 20.8. The number of carbonyl (C=O) groups is 2. The van der Waals surface area contributed by atoms with Crippen LogP contribution in [0, 0.1) is 0 Å². The van der Waals surface area contributed by atoms with E-state index in [0.717, 1.165) is 24.8 Å².